The van der Waals surface area contributed by atoms with Gasteiger partial charge in [-0.25, -0.2) is 9.97 Å². The van der Waals surface area contributed by atoms with E-state index < -0.39 is 0 Å². The summed E-state index contributed by atoms with van der Waals surface area (Å²) >= 11 is 0. The first-order chi connectivity index (χ1) is 12.2. The van der Waals surface area contributed by atoms with Crippen LogP contribution in [0.25, 0.3) is 0 Å². The fourth-order valence-corrected chi connectivity index (χ4v) is 2.07. The molecule has 0 bridgehead atoms. The molecule has 1 amide bonds. The van der Waals surface area contributed by atoms with Gasteiger partial charge < -0.3 is 24.8 Å². The molecule has 0 saturated carbocycles. The van der Waals surface area contributed by atoms with Crippen LogP contribution in [0.3, 0.4) is 0 Å². The van der Waals surface area contributed by atoms with E-state index in [2.05, 4.69) is 20.6 Å². The van der Waals surface area contributed by atoms with Crippen LogP contribution in [0.4, 0.5) is 11.6 Å². The molecule has 0 radical (unpaired) electrons. The number of carbonyl (C=O) groups is 1. The van der Waals surface area contributed by atoms with Crippen LogP contribution in [-0.2, 0) is 4.74 Å². The average molecular weight is 346 g/mol. The Morgan fingerprint density at radius 1 is 1.08 bits per heavy atom. The first-order valence-electron chi connectivity index (χ1n) is 7.76. The highest BCUT2D eigenvalue weighted by Crippen LogP contribution is 2.29. The zero-order valence-corrected chi connectivity index (χ0v) is 14.5. The molecule has 1 aromatic heterocycles. The van der Waals surface area contributed by atoms with Gasteiger partial charge in [0.05, 0.1) is 19.8 Å². The van der Waals surface area contributed by atoms with Crippen LogP contribution in [0.2, 0.25) is 0 Å². The van der Waals surface area contributed by atoms with Gasteiger partial charge in [-0.15, -0.1) is 0 Å². The van der Waals surface area contributed by atoms with E-state index in [-0.39, 0.29) is 5.91 Å². The summed E-state index contributed by atoms with van der Waals surface area (Å²) in [4.78, 5) is 20.5. The van der Waals surface area contributed by atoms with E-state index >= 15 is 0 Å². The molecule has 8 heteroatoms. The normalized spacial score (nSPS) is 10.2. The maximum atomic E-state index is 12.3. The van der Waals surface area contributed by atoms with E-state index in [9.17, 15) is 4.79 Å². The van der Waals surface area contributed by atoms with Gasteiger partial charge in [0, 0.05) is 44.4 Å². The molecule has 2 rings (SSSR count). The van der Waals surface area contributed by atoms with Gasteiger partial charge in [-0.1, -0.05) is 0 Å². The third kappa shape index (κ3) is 5.32. The Labute approximate surface area is 146 Å². The van der Waals surface area contributed by atoms with Gasteiger partial charge in [-0.3, -0.25) is 4.79 Å². The van der Waals surface area contributed by atoms with Crippen molar-refractivity contribution in [2.45, 2.75) is 6.42 Å². The second-order valence-electron chi connectivity index (χ2n) is 5.09. The first kappa shape index (κ1) is 18.5. The molecule has 0 spiro atoms. The summed E-state index contributed by atoms with van der Waals surface area (Å²) < 4.78 is 15.4. The fourth-order valence-electron chi connectivity index (χ4n) is 2.07. The van der Waals surface area contributed by atoms with Crippen molar-refractivity contribution in [3.63, 3.8) is 0 Å². The maximum Gasteiger partial charge on any atom is 0.258 e. The summed E-state index contributed by atoms with van der Waals surface area (Å²) in [7, 11) is 4.75. The minimum Gasteiger partial charge on any atom is -0.493 e. The monoisotopic (exact) mass is 346 g/mol. The van der Waals surface area contributed by atoms with Crippen LogP contribution < -0.4 is 20.1 Å². The molecule has 0 fully saturated rings. The van der Waals surface area contributed by atoms with E-state index in [4.69, 9.17) is 14.2 Å². The molecule has 0 aliphatic rings. The van der Waals surface area contributed by atoms with Crippen LogP contribution in [-0.4, -0.2) is 50.4 Å². The Kier molecular flexibility index (Phi) is 6.97. The van der Waals surface area contributed by atoms with Gasteiger partial charge in [-0.2, -0.15) is 0 Å². The van der Waals surface area contributed by atoms with Gasteiger partial charge >= 0.3 is 0 Å². The van der Waals surface area contributed by atoms with Crippen molar-refractivity contribution in [1.82, 2.24) is 9.97 Å². The number of hydrogen-bond donors (Lipinski definition) is 2. The Hall–Kier alpha value is -2.87. The summed E-state index contributed by atoms with van der Waals surface area (Å²) in [6, 6.07) is 5.13. The summed E-state index contributed by atoms with van der Waals surface area (Å²) in [5.74, 6) is 1.29. The average Bonchev–Trinajstić information content (AvgIpc) is 2.65. The number of aromatic nitrogens is 2. The second kappa shape index (κ2) is 9.43. The summed E-state index contributed by atoms with van der Waals surface area (Å²) in [6.07, 6.45) is 3.80. The molecule has 0 aliphatic heterocycles. The topological polar surface area (TPSA) is 94.6 Å². The standard InChI is InChI=1S/C17H22N4O4/c1-23-8-4-7-18-17-19-10-12(11-20-17)16(22)21-13-5-6-14(24-2)15(9-13)25-3/h5-6,9-11H,4,7-8H2,1-3H3,(H,21,22)(H,18,19,20). The summed E-state index contributed by atoms with van der Waals surface area (Å²) in [5, 5.41) is 5.83. The molecule has 2 aromatic rings. The summed E-state index contributed by atoms with van der Waals surface area (Å²) in [5.41, 5.74) is 0.946. The SMILES string of the molecule is COCCCNc1ncc(C(=O)Nc2ccc(OC)c(OC)c2)cn1. The van der Waals surface area contributed by atoms with E-state index in [0.29, 0.717) is 41.8 Å². The molecule has 8 nitrogen and oxygen atoms in total. The number of benzene rings is 1. The van der Waals surface area contributed by atoms with Crippen LogP contribution in [0, 0.1) is 0 Å². The van der Waals surface area contributed by atoms with Crippen LogP contribution >= 0.6 is 0 Å². The van der Waals surface area contributed by atoms with Crippen molar-refractivity contribution in [3.05, 3.63) is 36.2 Å². The molecule has 0 atom stereocenters. The van der Waals surface area contributed by atoms with Crippen LogP contribution in [0.1, 0.15) is 16.8 Å². The third-order valence-corrected chi connectivity index (χ3v) is 3.36. The highest BCUT2D eigenvalue weighted by atomic mass is 16.5. The highest BCUT2D eigenvalue weighted by Gasteiger charge is 2.10. The van der Waals surface area contributed by atoms with Crippen molar-refractivity contribution in [3.8, 4) is 11.5 Å². The van der Waals surface area contributed by atoms with E-state index in [1.807, 2.05) is 0 Å². The lowest BCUT2D eigenvalue weighted by Gasteiger charge is -2.10. The lowest BCUT2D eigenvalue weighted by molar-refractivity contribution is 0.102. The minimum absolute atomic E-state index is 0.307. The van der Waals surface area contributed by atoms with Gasteiger partial charge in [0.15, 0.2) is 11.5 Å². The molecule has 1 aromatic carbocycles. The molecular formula is C17H22N4O4. The Morgan fingerprint density at radius 3 is 2.44 bits per heavy atom. The Bertz CT molecular complexity index is 692. The Morgan fingerprint density at radius 2 is 1.80 bits per heavy atom. The van der Waals surface area contributed by atoms with E-state index in [1.54, 1.807) is 32.4 Å². The fraction of sp³-hybridized carbons (Fsp3) is 0.353. The number of nitrogens with one attached hydrogen (secondary N) is 2. The van der Waals surface area contributed by atoms with Crippen LogP contribution in [0.5, 0.6) is 11.5 Å². The number of methoxy groups -OCH3 is 3. The zero-order chi connectivity index (χ0) is 18.1. The van der Waals surface area contributed by atoms with Crippen molar-refractivity contribution < 1.29 is 19.0 Å². The van der Waals surface area contributed by atoms with E-state index in [1.165, 1.54) is 19.5 Å². The molecule has 0 aliphatic carbocycles. The number of nitrogens with zero attached hydrogens (tertiary/aromatic N) is 2. The molecule has 134 valence electrons. The predicted molar refractivity (Wildman–Crippen MR) is 94.5 cm³/mol. The molecular weight excluding hydrogens is 324 g/mol. The molecule has 25 heavy (non-hydrogen) atoms. The van der Waals surface area contributed by atoms with Crippen molar-refractivity contribution in [2.75, 3.05) is 45.1 Å². The van der Waals surface area contributed by atoms with Crippen molar-refractivity contribution in [2.24, 2.45) is 0 Å². The van der Waals surface area contributed by atoms with Crippen molar-refractivity contribution in [1.29, 1.82) is 0 Å². The third-order valence-electron chi connectivity index (χ3n) is 3.36. The largest absolute Gasteiger partial charge is 0.493 e. The predicted octanol–water partition coefficient (Wildman–Crippen LogP) is 2.19. The van der Waals surface area contributed by atoms with Gasteiger partial charge in [0.1, 0.15) is 0 Å². The lowest BCUT2D eigenvalue weighted by Crippen LogP contribution is -2.14. The van der Waals surface area contributed by atoms with Gasteiger partial charge in [0.25, 0.3) is 5.91 Å². The number of anilines is 2. The number of ether oxygens (including phenoxy) is 3. The van der Waals surface area contributed by atoms with Crippen LogP contribution in [0.15, 0.2) is 30.6 Å². The number of hydrogen-bond acceptors (Lipinski definition) is 7. The van der Waals surface area contributed by atoms with Gasteiger partial charge in [-0.05, 0) is 18.6 Å². The number of carbonyl (C=O) groups excluding carboxylic acids is 1. The van der Waals surface area contributed by atoms with Gasteiger partial charge in [0.2, 0.25) is 5.95 Å². The first-order valence-corrected chi connectivity index (χ1v) is 7.76. The molecule has 2 N–H and O–H groups in total. The molecule has 0 unspecified atom stereocenters. The second-order valence-corrected chi connectivity index (χ2v) is 5.09. The molecule has 0 saturated heterocycles. The smallest absolute Gasteiger partial charge is 0.258 e. The van der Waals surface area contributed by atoms with E-state index in [0.717, 1.165) is 6.42 Å². The van der Waals surface area contributed by atoms with Crippen molar-refractivity contribution >= 4 is 17.5 Å². The summed E-state index contributed by atoms with van der Waals surface area (Å²) in [6.45, 7) is 1.36. The highest BCUT2D eigenvalue weighted by molar-refractivity contribution is 6.04. The quantitative estimate of drug-likeness (QED) is 0.672. The number of rotatable bonds is 9. The Balaban J connectivity index is 1.96. The molecule has 1 heterocycles. The lowest BCUT2D eigenvalue weighted by atomic mass is 10.2. The minimum atomic E-state index is -0.307. The zero-order valence-electron chi connectivity index (χ0n) is 14.5. The number of amides is 1. The maximum absolute atomic E-state index is 12.3.